The number of nitrogens with zero attached hydrogens (tertiary/aromatic N) is 1. The van der Waals surface area contributed by atoms with E-state index in [9.17, 15) is 0 Å². The number of hydrogen-bond donors (Lipinski definition) is 1. The van der Waals surface area contributed by atoms with Gasteiger partial charge in [-0.1, -0.05) is 13.8 Å². The maximum Gasteiger partial charge on any atom is 0.0594 e. The molecule has 1 aliphatic rings. The van der Waals surface area contributed by atoms with Crippen molar-refractivity contribution in [2.75, 3.05) is 59.2 Å². The van der Waals surface area contributed by atoms with E-state index in [-0.39, 0.29) is 0 Å². The van der Waals surface area contributed by atoms with Gasteiger partial charge < -0.3 is 14.8 Å². The lowest BCUT2D eigenvalue weighted by Gasteiger charge is -2.26. The molecule has 0 spiro atoms. The maximum absolute atomic E-state index is 5.52. The molecule has 17 heavy (non-hydrogen) atoms. The first kappa shape index (κ1) is 14.9. The molecule has 0 amide bonds. The third kappa shape index (κ3) is 8.55. The second kappa shape index (κ2) is 9.83. The van der Waals surface area contributed by atoms with Crippen LogP contribution in [0.25, 0.3) is 0 Å². The van der Waals surface area contributed by atoms with Gasteiger partial charge in [-0.05, 0) is 18.9 Å². The standard InChI is InChI=1S/C13H28N2O2/c1-13(2)12-17-9-3-4-14-5-6-15-7-10-16-11-8-15/h13-14H,3-12H2,1-2H3. The number of rotatable bonds is 9. The van der Waals surface area contributed by atoms with Gasteiger partial charge in [-0.2, -0.15) is 0 Å². The summed E-state index contributed by atoms with van der Waals surface area (Å²) in [7, 11) is 0. The molecule has 0 aromatic carbocycles. The second-order valence-corrected chi connectivity index (χ2v) is 5.03. The van der Waals surface area contributed by atoms with Gasteiger partial charge in [-0.3, -0.25) is 4.90 Å². The lowest BCUT2D eigenvalue weighted by atomic mass is 10.2. The van der Waals surface area contributed by atoms with Crippen molar-refractivity contribution in [3.05, 3.63) is 0 Å². The number of ether oxygens (including phenoxy) is 2. The van der Waals surface area contributed by atoms with E-state index in [1.54, 1.807) is 0 Å². The first-order chi connectivity index (χ1) is 8.29. The van der Waals surface area contributed by atoms with Gasteiger partial charge in [0.25, 0.3) is 0 Å². The molecule has 1 saturated heterocycles. The van der Waals surface area contributed by atoms with Crippen LogP contribution in [-0.2, 0) is 9.47 Å². The Morgan fingerprint density at radius 3 is 2.71 bits per heavy atom. The van der Waals surface area contributed by atoms with Gasteiger partial charge in [0.05, 0.1) is 13.2 Å². The Kier molecular flexibility index (Phi) is 8.61. The summed E-state index contributed by atoms with van der Waals surface area (Å²) in [5.41, 5.74) is 0. The molecule has 0 aromatic heterocycles. The van der Waals surface area contributed by atoms with Crippen LogP contribution in [0.5, 0.6) is 0 Å². The average Bonchev–Trinajstić information content (AvgIpc) is 2.33. The molecule has 1 fully saturated rings. The molecular weight excluding hydrogens is 216 g/mol. The quantitative estimate of drug-likeness (QED) is 0.613. The highest BCUT2D eigenvalue weighted by Gasteiger charge is 2.08. The highest BCUT2D eigenvalue weighted by Crippen LogP contribution is 1.95. The lowest BCUT2D eigenvalue weighted by Crippen LogP contribution is -2.40. The van der Waals surface area contributed by atoms with Crippen LogP contribution in [0.15, 0.2) is 0 Å². The summed E-state index contributed by atoms with van der Waals surface area (Å²) in [6, 6.07) is 0. The summed E-state index contributed by atoms with van der Waals surface area (Å²) in [6.07, 6.45) is 1.11. The van der Waals surface area contributed by atoms with Gasteiger partial charge >= 0.3 is 0 Å². The van der Waals surface area contributed by atoms with Gasteiger partial charge in [0, 0.05) is 39.4 Å². The van der Waals surface area contributed by atoms with Crippen molar-refractivity contribution >= 4 is 0 Å². The smallest absolute Gasteiger partial charge is 0.0594 e. The lowest BCUT2D eigenvalue weighted by molar-refractivity contribution is 0.0383. The fourth-order valence-electron chi connectivity index (χ4n) is 1.81. The summed E-state index contributed by atoms with van der Waals surface area (Å²) < 4.78 is 10.8. The molecule has 0 saturated carbocycles. The molecule has 0 radical (unpaired) electrons. The van der Waals surface area contributed by atoms with Crippen LogP contribution in [-0.4, -0.2) is 64.1 Å². The summed E-state index contributed by atoms with van der Waals surface area (Å²) in [4.78, 5) is 2.45. The van der Waals surface area contributed by atoms with Crippen molar-refractivity contribution in [1.82, 2.24) is 10.2 Å². The molecular formula is C13H28N2O2. The Morgan fingerprint density at radius 2 is 2.00 bits per heavy atom. The molecule has 0 aliphatic carbocycles. The molecule has 4 heteroatoms. The van der Waals surface area contributed by atoms with Gasteiger partial charge in [0.2, 0.25) is 0 Å². The molecule has 102 valence electrons. The minimum Gasteiger partial charge on any atom is -0.381 e. The second-order valence-electron chi connectivity index (χ2n) is 5.03. The van der Waals surface area contributed by atoms with Gasteiger partial charge in [-0.15, -0.1) is 0 Å². The largest absolute Gasteiger partial charge is 0.381 e. The van der Waals surface area contributed by atoms with E-state index in [0.717, 1.165) is 65.6 Å². The Labute approximate surface area is 106 Å². The highest BCUT2D eigenvalue weighted by atomic mass is 16.5. The minimum atomic E-state index is 0.643. The highest BCUT2D eigenvalue weighted by molar-refractivity contribution is 4.63. The maximum atomic E-state index is 5.52. The Hall–Kier alpha value is -0.160. The van der Waals surface area contributed by atoms with Crippen molar-refractivity contribution < 1.29 is 9.47 Å². The topological polar surface area (TPSA) is 33.7 Å². The van der Waals surface area contributed by atoms with Crippen molar-refractivity contribution in [1.29, 1.82) is 0 Å². The number of morpholine rings is 1. The van der Waals surface area contributed by atoms with Crippen LogP contribution in [0, 0.1) is 5.92 Å². The Bertz CT molecular complexity index is 171. The molecule has 1 N–H and O–H groups in total. The average molecular weight is 244 g/mol. The molecule has 0 unspecified atom stereocenters. The van der Waals surface area contributed by atoms with Crippen molar-refractivity contribution in [2.45, 2.75) is 20.3 Å². The Morgan fingerprint density at radius 1 is 1.24 bits per heavy atom. The van der Waals surface area contributed by atoms with E-state index in [4.69, 9.17) is 9.47 Å². The predicted molar refractivity (Wildman–Crippen MR) is 70.4 cm³/mol. The van der Waals surface area contributed by atoms with E-state index in [0.29, 0.717) is 5.92 Å². The van der Waals surface area contributed by atoms with Crippen LogP contribution in [0.2, 0.25) is 0 Å². The summed E-state index contributed by atoms with van der Waals surface area (Å²) in [5.74, 6) is 0.643. The fraction of sp³-hybridized carbons (Fsp3) is 1.00. The summed E-state index contributed by atoms with van der Waals surface area (Å²) in [5, 5.41) is 3.46. The molecule has 1 heterocycles. The van der Waals surface area contributed by atoms with Crippen molar-refractivity contribution in [3.63, 3.8) is 0 Å². The molecule has 1 rings (SSSR count). The fourth-order valence-corrected chi connectivity index (χ4v) is 1.81. The predicted octanol–water partition coefficient (Wildman–Crippen LogP) is 0.971. The van der Waals surface area contributed by atoms with E-state index in [1.165, 1.54) is 0 Å². The van der Waals surface area contributed by atoms with Crippen LogP contribution in [0.3, 0.4) is 0 Å². The molecule has 1 aliphatic heterocycles. The van der Waals surface area contributed by atoms with E-state index in [1.807, 2.05) is 0 Å². The van der Waals surface area contributed by atoms with E-state index >= 15 is 0 Å². The molecule has 0 atom stereocenters. The zero-order chi connectivity index (χ0) is 12.3. The van der Waals surface area contributed by atoms with Gasteiger partial charge in [-0.25, -0.2) is 0 Å². The van der Waals surface area contributed by atoms with Crippen LogP contribution in [0.4, 0.5) is 0 Å². The van der Waals surface area contributed by atoms with Gasteiger partial charge in [0.15, 0.2) is 0 Å². The van der Waals surface area contributed by atoms with Crippen molar-refractivity contribution in [2.24, 2.45) is 5.92 Å². The Balaban J connectivity index is 1.78. The number of hydrogen-bond acceptors (Lipinski definition) is 4. The van der Waals surface area contributed by atoms with E-state index in [2.05, 4.69) is 24.1 Å². The molecule has 4 nitrogen and oxygen atoms in total. The minimum absolute atomic E-state index is 0.643. The first-order valence-corrected chi connectivity index (χ1v) is 6.87. The first-order valence-electron chi connectivity index (χ1n) is 6.87. The van der Waals surface area contributed by atoms with Crippen LogP contribution >= 0.6 is 0 Å². The normalized spacial score (nSPS) is 17.8. The third-order valence-corrected chi connectivity index (χ3v) is 2.80. The SMILES string of the molecule is CC(C)COCCCNCCN1CCOCC1. The molecule has 0 bridgehead atoms. The third-order valence-electron chi connectivity index (χ3n) is 2.80. The zero-order valence-corrected chi connectivity index (χ0v) is 11.4. The number of nitrogens with one attached hydrogen (secondary N) is 1. The monoisotopic (exact) mass is 244 g/mol. The van der Waals surface area contributed by atoms with Crippen LogP contribution < -0.4 is 5.32 Å². The van der Waals surface area contributed by atoms with Gasteiger partial charge in [0.1, 0.15) is 0 Å². The summed E-state index contributed by atoms with van der Waals surface area (Å²) in [6.45, 7) is 13.3. The van der Waals surface area contributed by atoms with Crippen LogP contribution in [0.1, 0.15) is 20.3 Å². The van der Waals surface area contributed by atoms with Crippen molar-refractivity contribution in [3.8, 4) is 0 Å². The van der Waals surface area contributed by atoms with E-state index < -0.39 is 0 Å². The molecule has 0 aromatic rings. The summed E-state index contributed by atoms with van der Waals surface area (Å²) >= 11 is 0. The zero-order valence-electron chi connectivity index (χ0n) is 11.4.